The molecule has 1 fully saturated rings. The normalized spacial score (nSPS) is 16.1. The van der Waals surface area contributed by atoms with Crippen molar-refractivity contribution in [2.75, 3.05) is 11.9 Å². The average molecular weight is 268 g/mol. The van der Waals surface area contributed by atoms with Crippen LogP contribution in [0.15, 0.2) is 18.2 Å². The molecule has 6 heteroatoms. The summed E-state index contributed by atoms with van der Waals surface area (Å²) in [5.41, 5.74) is 11.0. The smallest absolute Gasteiger partial charge is 0.250 e. The number of carbonyl (C=O) groups is 2. The number of primary amides is 1. The molecular weight excluding hydrogens is 254 g/mol. The summed E-state index contributed by atoms with van der Waals surface area (Å²) in [6.07, 6.45) is 1.59. The highest BCUT2D eigenvalue weighted by Gasteiger charge is 2.48. The van der Waals surface area contributed by atoms with Gasteiger partial charge in [-0.05, 0) is 31.0 Å². The van der Waals surface area contributed by atoms with Crippen molar-refractivity contribution in [2.24, 2.45) is 16.9 Å². The molecule has 5 N–H and O–H groups in total. The lowest BCUT2D eigenvalue weighted by Gasteiger charge is -2.13. The summed E-state index contributed by atoms with van der Waals surface area (Å²) in [5.74, 6) is -0.751. The van der Waals surface area contributed by atoms with Gasteiger partial charge in [-0.15, -0.1) is 0 Å². The van der Waals surface area contributed by atoms with Gasteiger partial charge in [0.1, 0.15) is 0 Å². The number of halogens is 1. The Kier molecular flexibility index (Phi) is 3.28. The van der Waals surface area contributed by atoms with E-state index in [4.69, 9.17) is 23.1 Å². The molecule has 96 valence electrons. The van der Waals surface area contributed by atoms with Crippen molar-refractivity contribution in [3.63, 3.8) is 0 Å². The molecule has 0 atom stereocenters. The molecule has 0 heterocycles. The molecular formula is C12H14ClN3O2. The summed E-state index contributed by atoms with van der Waals surface area (Å²) >= 11 is 5.82. The highest BCUT2D eigenvalue weighted by molar-refractivity contribution is 6.34. The number of hydrogen-bond acceptors (Lipinski definition) is 3. The van der Waals surface area contributed by atoms with E-state index >= 15 is 0 Å². The highest BCUT2D eigenvalue weighted by Crippen LogP contribution is 2.45. The number of nitrogens with one attached hydrogen (secondary N) is 1. The van der Waals surface area contributed by atoms with Crippen molar-refractivity contribution in [1.29, 1.82) is 0 Å². The summed E-state index contributed by atoms with van der Waals surface area (Å²) in [7, 11) is 0. The third-order valence-corrected chi connectivity index (χ3v) is 3.55. The number of rotatable bonds is 4. The Labute approximate surface area is 109 Å². The van der Waals surface area contributed by atoms with Crippen molar-refractivity contribution >= 4 is 29.1 Å². The first-order valence-corrected chi connectivity index (χ1v) is 5.97. The maximum atomic E-state index is 12.0. The van der Waals surface area contributed by atoms with Crippen LogP contribution < -0.4 is 16.8 Å². The summed E-state index contributed by atoms with van der Waals surface area (Å²) in [6, 6.07) is 4.62. The molecule has 2 amide bonds. The maximum Gasteiger partial charge on any atom is 0.250 e. The molecule has 1 aromatic rings. The van der Waals surface area contributed by atoms with Gasteiger partial charge in [0, 0.05) is 12.2 Å². The van der Waals surface area contributed by atoms with Gasteiger partial charge in [0.25, 0.3) is 0 Å². The van der Waals surface area contributed by atoms with E-state index in [1.54, 1.807) is 6.07 Å². The third kappa shape index (κ3) is 2.32. The summed E-state index contributed by atoms with van der Waals surface area (Å²) in [4.78, 5) is 23.1. The lowest BCUT2D eigenvalue weighted by atomic mass is 10.1. The third-order valence-electron chi connectivity index (χ3n) is 3.22. The van der Waals surface area contributed by atoms with Crippen LogP contribution in [0.3, 0.4) is 0 Å². The number of hydrogen-bond donors (Lipinski definition) is 3. The minimum Gasteiger partial charge on any atom is -0.366 e. The topological polar surface area (TPSA) is 98.2 Å². The average Bonchev–Trinajstić information content (AvgIpc) is 3.12. The second-order valence-electron chi connectivity index (χ2n) is 4.50. The molecule has 0 saturated heterocycles. The first-order valence-electron chi connectivity index (χ1n) is 5.59. The van der Waals surface area contributed by atoms with Crippen LogP contribution in [0, 0.1) is 5.41 Å². The van der Waals surface area contributed by atoms with Crippen molar-refractivity contribution < 1.29 is 9.59 Å². The second-order valence-corrected chi connectivity index (χ2v) is 4.90. The van der Waals surface area contributed by atoms with Gasteiger partial charge in [0.05, 0.1) is 16.0 Å². The van der Waals surface area contributed by atoms with Crippen LogP contribution in [0.1, 0.15) is 23.2 Å². The Bertz CT molecular complexity index is 512. The fraction of sp³-hybridized carbons (Fsp3) is 0.333. The van der Waals surface area contributed by atoms with Gasteiger partial charge >= 0.3 is 0 Å². The van der Waals surface area contributed by atoms with Crippen LogP contribution in [0.25, 0.3) is 0 Å². The maximum absolute atomic E-state index is 12.0. The van der Waals surface area contributed by atoms with Crippen LogP contribution in [0.4, 0.5) is 5.69 Å². The van der Waals surface area contributed by atoms with E-state index in [2.05, 4.69) is 5.32 Å². The van der Waals surface area contributed by atoms with Crippen molar-refractivity contribution in [3.05, 3.63) is 28.8 Å². The molecule has 0 bridgehead atoms. The number of nitrogens with two attached hydrogens (primary N) is 2. The molecule has 1 aliphatic carbocycles. The molecule has 18 heavy (non-hydrogen) atoms. The number of amides is 2. The van der Waals surface area contributed by atoms with Gasteiger partial charge in [0.2, 0.25) is 11.8 Å². The number of benzene rings is 1. The first kappa shape index (κ1) is 12.9. The predicted molar refractivity (Wildman–Crippen MR) is 69.3 cm³/mol. The molecule has 0 unspecified atom stereocenters. The predicted octanol–water partition coefficient (Wildman–Crippen LogP) is 1.12. The van der Waals surface area contributed by atoms with E-state index in [1.807, 2.05) is 0 Å². The minimum absolute atomic E-state index is 0.122. The van der Waals surface area contributed by atoms with Crippen LogP contribution in [0.2, 0.25) is 5.02 Å². The minimum atomic E-state index is -0.629. The van der Waals surface area contributed by atoms with E-state index in [-0.39, 0.29) is 16.5 Å². The monoisotopic (exact) mass is 267 g/mol. The van der Waals surface area contributed by atoms with Crippen molar-refractivity contribution in [3.8, 4) is 0 Å². The molecule has 0 radical (unpaired) electrons. The SMILES string of the molecule is NCC1(C(=O)Nc2ccc(Cl)c(C(N)=O)c2)CC1. The molecule has 0 aromatic heterocycles. The summed E-state index contributed by atoms with van der Waals surface area (Å²) < 4.78 is 0. The van der Waals surface area contributed by atoms with Crippen molar-refractivity contribution in [1.82, 2.24) is 0 Å². The number of anilines is 1. The Hall–Kier alpha value is -1.59. The van der Waals surface area contributed by atoms with Gasteiger partial charge in [-0.3, -0.25) is 9.59 Å². The van der Waals surface area contributed by atoms with E-state index in [9.17, 15) is 9.59 Å². The Balaban J connectivity index is 2.17. The van der Waals surface area contributed by atoms with E-state index < -0.39 is 11.3 Å². The summed E-state index contributed by atoms with van der Waals surface area (Å²) in [6.45, 7) is 0.328. The molecule has 1 saturated carbocycles. The van der Waals surface area contributed by atoms with E-state index in [1.165, 1.54) is 12.1 Å². The standard InChI is InChI=1S/C12H14ClN3O2/c13-9-2-1-7(5-8(9)10(15)17)16-11(18)12(6-14)3-4-12/h1-2,5H,3-4,6,14H2,(H2,15,17)(H,16,18). The Morgan fingerprint density at radius 3 is 2.56 bits per heavy atom. The van der Waals surface area contributed by atoms with Gasteiger partial charge in [-0.25, -0.2) is 0 Å². The molecule has 1 aliphatic rings. The van der Waals surface area contributed by atoms with Crippen LogP contribution in [0.5, 0.6) is 0 Å². The van der Waals surface area contributed by atoms with Gasteiger partial charge in [-0.1, -0.05) is 11.6 Å². The Morgan fingerprint density at radius 2 is 2.06 bits per heavy atom. The first-order chi connectivity index (χ1) is 8.48. The van der Waals surface area contributed by atoms with Gasteiger partial charge in [-0.2, -0.15) is 0 Å². The van der Waals surface area contributed by atoms with Gasteiger partial charge in [0.15, 0.2) is 0 Å². The zero-order valence-electron chi connectivity index (χ0n) is 9.70. The fourth-order valence-corrected chi connectivity index (χ4v) is 1.94. The molecule has 2 rings (SSSR count). The molecule has 0 aliphatic heterocycles. The lowest BCUT2D eigenvalue weighted by Crippen LogP contribution is -2.30. The van der Waals surface area contributed by atoms with Crippen LogP contribution >= 0.6 is 11.6 Å². The Morgan fingerprint density at radius 1 is 1.39 bits per heavy atom. The highest BCUT2D eigenvalue weighted by atomic mass is 35.5. The van der Waals surface area contributed by atoms with Gasteiger partial charge < -0.3 is 16.8 Å². The molecule has 1 aromatic carbocycles. The second kappa shape index (κ2) is 4.59. The number of carbonyl (C=O) groups excluding carboxylic acids is 2. The van der Waals surface area contributed by atoms with Crippen LogP contribution in [-0.2, 0) is 4.79 Å². The van der Waals surface area contributed by atoms with E-state index in [0.29, 0.717) is 12.2 Å². The quantitative estimate of drug-likeness (QED) is 0.762. The van der Waals surface area contributed by atoms with Crippen LogP contribution in [-0.4, -0.2) is 18.4 Å². The lowest BCUT2D eigenvalue weighted by molar-refractivity contribution is -0.120. The molecule has 0 spiro atoms. The fourth-order valence-electron chi connectivity index (χ4n) is 1.73. The molecule has 5 nitrogen and oxygen atoms in total. The van der Waals surface area contributed by atoms with E-state index in [0.717, 1.165) is 12.8 Å². The largest absolute Gasteiger partial charge is 0.366 e. The van der Waals surface area contributed by atoms with Crippen molar-refractivity contribution in [2.45, 2.75) is 12.8 Å². The zero-order valence-corrected chi connectivity index (χ0v) is 10.5. The summed E-state index contributed by atoms with van der Waals surface area (Å²) in [5, 5.41) is 3.00. The zero-order chi connectivity index (χ0) is 13.3.